The molecule has 0 amide bonds. The van der Waals surface area contributed by atoms with Crippen molar-refractivity contribution in [1.29, 1.82) is 0 Å². The third kappa shape index (κ3) is 3.99. The molecule has 9 heteroatoms. The first-order valence-electron chi connectivity index (χ1n) is 10.2. The number of fused-ring (bicyclic) bond motifs is 2. The molecule has 8 nitrogen and oxygen atoms in total. The van der Waals surface area contributed by atoms with Crippen LogP contribution in [0.3, 0.4) is 0 Å². The predicted octanol–water partition coefficient (Wildman–Crippen LogP) is 4.55. The van der Waals surface area contributed by atoms with Crippen molar-refractivity contribution in [2.75, 3.05) is 0 Å². The van der Waals surface area contributed by atoms with E-state index in [0.717, 1.165) is 16.8 Å². The zero-order valence-electron chi connectivity index (χ0n) is 17.3. The number of non-ortho nitro benzene ring substituents is 1. The van der Waals surface area contributed by atoms with Crippen LogP contribution in [0.5, 0.6) is 0 Å². The zero-order valence-corrected chi connectivity index (χ0v) is 18.1. The Kier molecular flexibility index (Phi) is 5.18. The molecule has 0 radical (unpaired) electrons. The molecule has 1 aliphatic carbocycles. The molecule has 4 aromatic rings. The van der Waals surface area contributed by atoms with Crippen molar-refractivity contribution in [3.8, 4) is 0 Å². The molecule has 0 saturated heterocycles. The Morgan fingerprint density at radius 2 is 1.84 bits per heavy atom. The Morgan fingerprint density at radius 3 is 2.56 bits per heavy atom. The van der Waals surface area contributed by atoms with E-state index in [1.165, 1.54) is 29.5 Å². The normalized spacial score (nSPS) is 15.7. The molecule has 160 valence electrons. The molecule has 0 spiro atoms. The van der Waals surface area contributed by atoms with Gasteiger partial charge in [0.25, 0.3) is 11.5 Å². The van der Waals surface area contributed by atoms with E-state index < -0.39 is 4.92 Å². The SMILES string of the molecule is Cc1ccc([C@H]2CC(=O)c3cn4nc(SCc5ccc([N+](=O)[O-])cc5)nc4nc3C2)cc1. The molecule has 32 heavy (non-hydrogen) atoms. The summed E-state index contributed by atoms with van der Waals surface area (Å²) >= 11 is 1.42. The summed E-state index contributed by atoms with van der Waals surface area (Å²) in [6.45, 7) is 2.05. The van der Waals surface area contributed by atoms with Gasteiger partial charge in [-0.05, 0) is 30.4 Å². The second-order valence-corrected chi connectivity index (χ2v) is 8.83. The lowest BCUT2D eigenvalue weighted by atomic mass is 9.82. The van der Waals surface area contributed by atoms with E-state index in [-0.39, 0.29) is 17.4 Å². The molecule has 0 aliphatic heterocycles. The van der Waals surface area contributed by atoms with Crippen molar-refractivity contribution in [2.24, 2.45) is 0 Å². The number of nitrogens with zero attached hydrogens (tertiary/aromatic N) is 5. The largest absolute Gasteiger partial charge is 0.294 e. The van der Waals surface area contributed by atoms with Crippen LogP contribution < -0.4 is 0 Å². The summed E-state index contributed by atoms with van der Waals surface area (Å²) in [4.78, 5) is 32.3. The van der Waals surface area contributed by atoms with Gasteiger partial charge >= 0.3 is 0 Å². The number of nitro groups is 1. The number of Topliss-reactive ketones (excluding diaryl/α,β-unsaturated/α-hetero) is 1. The molecule has 0 N–H and O–H groups in total. The monoisotopic (exact) mass is 445 g/mol. The van der Waals surface area contributed by atoms with Crippen molar-refractivity contribution in [2.45, 2.75) is 36.6 Å². The Bertz CT molecular complexity index is 1330. The number of carbonyl (C=O) groups is 1. The molecule has 2 aromatic carbocycles. The lowest BCUT2D eigenvalue weighted by Gasteiger charge is -2.23. The molecule has 2 heterocycles. The van der Waals surface area contributed by atoms with E-state index in [9.17, 15) is 14.9 Å². The summed E-state index contributed by atoms with van der Waals surface area (Å²) in [5, 5.41) is 15.8. The molecule has 1 atom stereocenters. The Labute approximate surface area is 187 Å². The van der Waals surface area contributed by atoms with E-state index >= 15 is 0 Å². The molecule has 5 rings (SSSR count). The highest BCUT2D eigenvalue weighted by Gasteiger charge is 2.28. The Morgan fingerprint density at radius 1 is 1.09 bits per heavy atom. The third-order valence-corrected chi connectivity index (χ3v) is 6.54. The lowest BCUT2D eigenvalue weighted by molar-refractivity contribution is -0.384. The number of rotatable bonds is 5. The first kappa shape index (κ1) is 20.3. The van der Waals surface area contributed by atoms with Gasteiger partial charge in [-0.1, -0.05) is 53.7 Å². The second kappa shape index (κ2) is 8.16. The maximum absolute atomic E-state index is 12.8. The fourth-order valence-electron chi connectivity index (χ4n) is 3.86. The summed E-state index contributed by atoms with van der Waals surface area (Å²) in [6, 6.07) is 14.7. The van der Waals surface area contributed by atoms with Crippen LogP contribution in [0, 0.1) is 17.0 Å². The fourth-order valence-corrected chi connectivity index (χ4v) is 4.64. The molecule has 0 fully saturated rings. The van der Waals surface area contributed by atoms with E-state index in [0.29, 0.717) is 35.1 Å². The first-order valence-corrected chi connectivity index (χ1v) is 11.2. The Hall–Kier alpha value is -3.59. The van der Waals surface area contributed by atoms with Gasteiger partial charge in [-0.3, -0.25) is 14.9 Å². The molecule has 0 bridgehead atoms. The van der Waals surface area contributed by atoms with Crippen LogP contribution in [0.1, 0.15) is 45.1 Å². The van der Waals surface area contributed by atoms with Gasteiger partial charge in [-0.15, -0.1) is 5.10 Å². The van der Waals surface area contributed by atoms with Gasteiger partial charge in [0.1, 0.15) is 0 Å². The van der Waals surface area contributed by atoms with Gasteiger partial charge in [0.05, 0.1) is 16.2 Å². The molecule has 0 saturated carbocycles. The van der Waals surface area contributed by atoms with Gasteiger partial charge in [0, 0.05) is 30.5 Å². The molecule has 1 aliphatic rings. The average molecular weight is 446 g/mol. The van der Waals surface area contributed by atoms with Crippen molar-refractivity contribution in [3.63, 3.8) is 0 Å². The third-order valence-electron chi connectivity index (χ3n) is 5.63. The number of aromatic nitrogens is 4. The van der Waals surface area contributed by atoms with Crippen LogP contribution in [0.15, 0.2) is 59.9 Å². The summed E-state index contributed by atoms with van der Waals surface area (Å²) in [7, 11) is 0. The number of benzene rings is 2. The predicted molar refractivity (Wildman–Crippen MR) is 120 cm³/mol. The van der Waals surface area contributed by atoms with Crippen LogP contribution in [0.4, 0.5) is 5.69 Å². The number of nitro benzene ring substituents is 1. The summed E-state index contributed by atoms with van der Waals surface area (Å²) in [5.74, 6) is 1.22. The van der Waals surface area contributed by atoms with E-state index in [1.807, 2.05) is 6.92 Å². The van der Waals surface area contributed by atoms with Crippen molar-refractivity contribution in [3.05, 3.63) is 92.8 Å². The quantitative estimate of drug-likeness (QED) is 0.252. The summed E-state index contributed by atoms with van der Waals surface area (Å²) in [5.41, 5.74) is 4.71. The van der Waals surface area contributed by atoms with Gasteiger partial charge in [0.15, 0.2) is 5.78 Å². The van der Waals surface area contributed by atoms with Gasteiger partial charge in [0.2, 0.25) is 5.16 Å². The lowest BCUT2D eigenvalue weighted by Crippen LogP contribution is -2.21. The standard InChI is InChI=1S/C23H19N5O3S/c1-14-2-6-16(7-3-14)17-10-20-19(21(29)11-17)12-27-22(24-20)25-23(26-27)32-13-15-4-8-18(9-5-15)28(30)31/h2-9,12,17H,10-11,13H2,1H3/t17-/m1/s1. The van der Waals surface area contributed by atoms with Crippen molar-refractivity contribution in [1.82, 2.24) is 19.6 Å². The molecule has 2 aromatic heterocycles. The van der Waals surface area contributed by atoms with E-state index in [1.54, 1.807) is 22.8 Å². The molecular formula is C23H19N5O3S. The highest BCUT2D eigenvalue weighted by atomic mass is 32.2. The number of aryl methyl sites for hydroxylation is 1. The minimum Gasteiger partial charge on any atom is -0.294 e. The number of ketones is 1. The number of hydrogen-bond acceptors (Lipinski definition) is 7. The Balaban J connectivity index is 1.36. The van der Waals surface area contributed by atoms with Gasteiger partial charge in [-0.2, -0.15) is 4.98 Å². The highest BCUT2D eigenvalue weighted by Crippen LogP contribution is 2.32. The van der Waals surface area contributed by atoms with E-state index in [4.69, 9.17) is 0 Å². The number of thioether (sulfide) groups is 1. The van der Waals surface area contributed by atoms with Crippen LogP contribution in [0.2, 0.25) is 0 Å². The number of hydrogen-bond donors (Lipinski definition) is 0. The van der Waals surface area contributed by atoms with Crippen LogP contribution in [-0.4, -0.2) is 30.3 Å². The van der Waals surface area contributed by atoms with Crippen molar-refractivity contribution >= 4 is 29.0 Å². The zero-order chi connectivity index (χ0) is 22.2. The van der Waals surface area contributed by atoms with Crippen LogP contribution in [-0.2, 0) is 12.2 Å². The number of carbonyl (C=O) groups excluding carboxylic acids is 1. The second-order valence-electron chi connectivity index (χ2n) is 7.89. The fraction of sp³-hybridized carbons (Fsp3) is 0.217. The van der Waals surface area contributed by atoms with E-state index in [2.05, 4.69) is 39.3 Å². The summed E-state index contributed by atoms with van der Waals surface area (Å²) in [6.07, 6.45) is 2.88. The maximum Gasteiger partial charge on any atom is 0.269 e. The minimum atomic E-state index is -0.418. The summed E-state index contributed by atoms with van der Waals surface area (Å²) < 4.78 is 1.56. The van der Waals surface area contributed by atoms with Gasteiger partial charge < -0.3 is 0 Å². The maximum atomic E-state index is 12.8. The first-order chi connectivity index (χ1) is 15.5. The van der Waals surface area contributed by atoms with Crippen LogP contribution in [0.25, 0.3) is 5.78 Å². The smallest absolute Gasteiger partial charge is 0.269 e. The topological polar surface area (TPSA) is 103 Å². The molecular weight excluding hydrogens is 426 g/mol. The average Bonchev–Trinajstić information content (AvgIpc) is 3.19. The van der Waals surface area contributed by atoms with Crippen LogP contribution >= 0.6 is 11.8 Å². The minimum absolute atomic E-state index is 0.0630. The van der Waals surface area contributed by atoms with Crippen molar-refractivity contribution < 1.29 is 9.72 Å². The van der Waals surface area contributed by atoms with Gasteiger partial charge in [-0.25, -0.2) is 9.50 Å². The molecule has 0 unspecified atom stereocenters. The highest BCUT2D eigenvalue weighted by molar-refractivity contribution is 7.98.